The Morgan fingerprint density at radius 1 is 0.929 bits per heavy atom. The highest BCUT2D eigenvalue weighted by Crippen LogP contribution is 2.37. The van der Waals surface area contributed by atoms with Crippen LogP contribution in [-0.2, 0) is 0 Å². The molecule has 0 radical (unpaired) electrons. The average Bonchev–Trinajstić information content (AvgIpc) is 3.16. The van der Waals surface area contributed by atoms with Crippen LogP contribution in [0.1, 0.15) is 20.7 Å². The molecule has 0 saturated heterocycles. The van der Waals surface area contributed by atoms with E-state index in [1.807, 2.05) is 0 Å². The van der Waals surface area contributed by atoms with Crippen LogP contribution in [0.2, 0.25) is 0 Å². The largest absolute Gasteiger partial charge is 0.338 e. The summed E-state index contributed by atoms with van der Waals surface area (Å²) in [4.78, 5) is 44.1. The molecule has 136 valence electrons. The van der Waals surface area contributed by atoms with Gasteiger partial charge in [0.2, 0.25) is 0 Å². The third-order valence-corrected chi connectivity index (χ3v) is 5.26. The van der Waals surface area contributed by atoms with Gasteiger partial charge in [-0.05, 0) is 24.3 Å². The summed E-state index contributed by atoms with van der Waals surface area (Å²) >= 11 is 0. The minimum absolute atomic E-state index is 0.0128. The maximum absolute atomic E-state index is 13.1. The van der Waals surface area contributed by atoms with Gasteiger partial charge in [-0.3, -0.25) is 19.7 Å². The molecule has 0 spiro atoms. The van der Waals surface area contributed by atoms with E-state index in [1.165, 1.54) is 12.1 Å². The molecule has 2 aromatic carbocycles. The van der Waals surface area contributed by atoms with Crippen molar-refractivity contribution in [3.63, 3.8) is 0 Å². The van der Waals surface area contributed by atoms with E-state index in [4.69, 9.17) is 0 Å². The monoisotopic (exact) mass is 371 g/mol. The second kappa shape index (κ2) is 5.82. The molecule has 2 aliphatic carbocycles. The lowest BCUT2D eigenvalue weighted by Gasteiger charge is -2.28. The number of fused-ring (bicyclic) bond motifs is 4. The molecular formula is C21H13N3O4. The number of ketones is 2. The summed E-state index contributed by atoms with van der Waals surface area (Å²) in [5.74, 6) is -0.681. The van der Waals surface area contributed by atoms with Crippen LogP contribution < -0.4 is 0 Å². The summed E-state index contributed by atoms with van der Waals surface area (Å²) in [6.07, 6.45) is 7.10. The van der Waals surface area contributed by atoms with Gasteiger partial charge in [0, 0.05) is 23.3 Å². The third-order valence-electron chi connectivity index (χ3n) is 5.26. The standard InChI is InChI=1S/C21H13N3O4/c25-19-13-3-1-2-4-14(13)20(26)17-15(19)9-10-16-18(17)23-21(22-16)11-5-7-12(8-6-11)24(27)28/h1-10,13-14H,(H,22,23)/t13-,14+/m1/s1. The van der Waals surface area contributed by atoms with Crippen LogP contribution in [0.5, 0.6) is 0 Å². The van der Waals surface area contributed by atoms with Crippen LogP contribution in [0.3, 0.4) is 0 Å². The van der Waals surface area contributed by atoms with Gasteiger partial charge in [-0.15, -0.1) is 0 Å². The molecule has 1 heterocycles. The molecular weight excluding hydrogens is 358 g/mol. The molecule has 1 aromatic heterocycles. The zero-order valence-corrected chi connectivity index (χ0v) is 14.5. The number of nitro groups is 1. The van der Waals surface area contributed by atoms with E-state index in [0.717, 1.165) is 0 Å². The Kier molecular flexibility index (Phi) is 3.39. The number of aromatic amines is 1. The van der Waals surface area contributed by atoms with Crippen LogP contribution in [0, 0.1) is 22.0 Å². The number of hydrogen-bond acceptors (Lipinski definition) is 5. The number of benzene rings is 2. The molecule has 28 heavy (non-hydrogen) atoms. The van der Waals surface area contributed by atoms with E-state index < -0.39 is 16.8 Å². The molecule has 2 aliphatic rings. The highest BCUT2D eigenvalue weighted by atomic mass is 16.6. The number of allylic oxidation sites excluding steroid dienone is 4. The number of Topliss-reactive ketones (excluding diaryl/α,β-unsaturated/α-hetero) is 2. The van der Waals surface area contributed by atoms with Crippen molar-refractivity contribution in [1.82, 2.24) is 9.97 Å². The zero-order valence-electron chi connectivity index (χ0n) is 14.5. The van der Waals surface area contributed by atoms with Gasteiger partial charge in [0.15, 0.2) is 11.6 Å². The van der Waals surface area contributed by atoms with Gasteiger partial charge in [0.1, 0.15) is 11.3 Å². The Balaban J connectivity index is 1.66. The zero-order chi connectivity index (χ0) is 19.4. The van der Waals surface area contributed by atoms with Crippen molar-refractivity contribution in [3.05, 3.63) is 81.9 Å². The first-order chi connectivity index (χ1) is 13.5. The minimum Gasteiger partial charge on any atom is -0.338 e. The van der Waals surface area contributed by atoms with Crippen molar-refractivity contribution >= 4 is 28.3 Å². The van der Waals surface area contributed by atoms with Crippen molar-refractivity contribution < 1.29 is 14.5 Å². The molecule has 0 bridgehead atoms. The van der Waals surface area contributed by atoms with Crippen LogP contribution in [0.15, 0.2) is 60.7 Å². The molecule has 7 heteroatoms. The number of imidazole rings is 1. The van der Waals surface area contributed by atoms with Gasteiger partial charge in [-0.2, -0.15) is 0 Å². The number of aromatic nitrogens is 2. The maximum Gasteiger partial charge on any atom is 0.269 e. The highest BCUT2D eigenvalue weighted by Gasteiger charge is 2.40. The van der Waals surface area contributed by atoms with Gasteiger partial charge in [-0.1, -0.05) is 24.3 Å². The van der Waals surface area contributed by atoms with E-state index in [0.29, 0.717) is 33.5 Å². The quantitative estimate of drug-likeness (QED) is 0.543. The van der Waals surface area contributed by atoms with E-state index >= 15 is 0 Å². The van der Waals surface area contributed by atoms with Crippen molar-refractivity contribution in [2.24, 2.45) is 11.8 Å². The topological polar surface area (TPSA) is 106 Å². The minimum atomic E-state index is -0.505. The molecule has 0 aliphatic heterocycles. The predicted octanol–water partition coefficient (Wildman–Crippen LogP) is 3.88. The molecule has 0 fully saturated rings. The smallest absolute Gasteiger partial charge is 0.269 e. The SMILES string of the molecule is O=C1c2c(ccc3[nH]c(-c4ccc([N+](=O)[O-])cc4)nc23)C(=O)[C@@H]2C=CC=C[C@H]12. The number of H-pyrrole nitrogens is 1. The molecule has 5 rings (SSSR count). The number of non-ortho nitro benzene ring substituents is 1. The average molecular weight is 371 g/mol. The van der Waals surface area contributed by atoms with Crippen LogP contribution in [0.25, 0.3) is 22.4 Å². The Morgan fingerprint density at radius 2 is 1.61 bits per heavy atom. The summed E-state index contributed by atoms with van der Waals surface area (Å²) in [7, 11) is 0. The van der Waals surface area contributed by atoms with Gasteiger partial charge < -0.3 is 4.98 Å². The van der Waals surface area contributed by atoms with Crippen LogP contribution in [0.4, 0.5) is 5.69 Å². The maximum atomic E-state index is 13.1. The Labute approximate surface area is 158 Å². The highest BCUT2D eigenvalue weighted by molar-refractivity contribution is 6.22. The van der Waals surface area contributed by atoms with Crippen molar-refractivity contribution in [2.75, 3.05) is 0 Å². The number of nitrogens with one attached hydrogen (secondary N) is 1. The first kappa shape index (κ1) is 16.3. The number of hydrogen-bond donors (Lipinski definition) is 1. The first-order valence-corrected chi connectivity index (χ1v) is 8.75. The second-order valence-corrected chi connectivity index (χ2v) is 6.82. The molecule has 1 N–H and O–H groups in total. The normalized spacial score (nSPS) is 20.3. The molecule has 0 saturated carbocycles. The molecule has 0 amide bonds. The Hall–Kier alpha value is -3.87. The summed E-state index contributed by atoms with van der Waals surface area (Å²) in [6.45, 7) is 0. The van der Waals surface area contributed by atoms with Gasteiger partial charge in [-0.25, -0.2) is 4.98 Å². The van der Waals surface area contributed by atoms with E-state index in [1.54, 1.807) is 48.6 Å². The predicted molar refractivity (Wildman–Crippen MR) is 102 cm³/mol. The fraction of sp³-hybridized carbons (Fsp3) is 0.0952. The fourth-order valence-corrected chi connectivity index (χ4v) is 3.86. The number of carbonyl (C=O) groups is 2. The number of nitro benzene ring substituents is 1. The number of rotatable bonds is 2. The van der Waals surface area contributed by atoms with Crippen molar-refractivity contribution in [2.45, 2.75) is 0 Å². The molecule has 3 aromatic rings. The lowest BCUT2D eigenvalue weighted by molar-refractivity contribution is -0.384. The van der Waals surface area contributed by atoms with E-state index in [2.05, 4.69) is 9.97 Å². The van der Waals surface area contributed by atoms with E-state index in [9.17, 15) is 19.7 Å². The second-order valence-electron chi connectivity index (χ2n) is 6.82. The third kappa shape index (κ3) is 2.26. The van der Waals surface area contributed by atoms with Gasteiger partial charge >= 0.3 is 0 Å². The summed E-state index contributed by atoms with van der Waals surface area (Å²) in [5.41, 5.74) is 2.46. The summed E-state index contributed by atoms with van der Waals surface area (Å²) in [6, 6.07) is 9.40. The van der Waals surface area contributed by atoms with E-state index in [-0.39, 0.29) is 17.3 Å². The lowest BCUT2D eigenvalue weighted by Crippen LogP contribution is -2.35. The van der Waals surface area contributed by atoms with Crippen LogP contribution in [-0.4, -0.2) is 26.5 Å². The summed E-state index contributed by atoms with van der Waals surface area (Å²) in [5, 5.41) is 10.8. The number of carbonyl (C=O) groups excluding carboxylic acids is 2. The van der Waals surface area contributed by atoms with Crippen LogP contribution >= 0.6 is 0 Å². The molecule has 2 atom stereocenters. The van der Waals surface area contributed by atoms with Gasteiger partial charge in [0.05, 0.1) is 27.8 Å². The Bertz CT molecular complexity index is 1230. The Morgan fingerprint density at radius 3 is 2.29 bits per heavy atom. The molecule has 7 nitrogen and oxygen atoms in total. The van der Waals surface area contributed by atoms with Gasteiger partial charge in [0.25, 0.3) is 5.69 Å². The fourth-order valence-electron chi connectivity index (χ4n) is 3.86. The number of nitrogens with zero attached hydrogens (tertiary/aromatic N) is 2. The first-order valence-electron chi connectivity index (χ1n) is 8.75. The molecule has 0 unspecified atom stereocenters. The van der Waals surface area contributed by atoms with Crippen molar-refractivity contribution in [3.8, 4) is 11.4 Å². The lowest BCUT2D eigenvalue weighted by atomic mass is 9.72. The van der Waals surface area contributed by atoms with Crippen molar-refractivity contribution in [1.29, 1.82) is 0 Å². The summed E-state index contributed by atoms with van der Waals surface area (Å²) < 4.78 is 0.